The van der Waals surface area contributed by atoms with Crippen LogP contribution in [0.2, 0.25) is 18.1 Å². The highest BCUT2D eigenvalue weighted by molar-refractivity contribution is 6.74. The van der Waals surface area contributed by atoms with E-state index in [0.717, 1.165) is 19.4 Å². The number of rotatable bonds is 3. The van der Waals surface area contributed by atoms with Gasteiger partial charge in [-0.05, 0) is 36.4 Å². The van der Waals surface area contributed by atoms with Gasteiger partial charge in [0.1, 0.15) is 0 Å². The zero-order valence-electron chi connectivity index (χ0n) is 11.2. The maximum atomic E-state index is 6.23. The van der Waals surface area contributed by atoms with Crippen molar-refractivity contribution in [1.29, 1.82) is 0 Å². The fraction of sp³-hybridized carbons (Fsp3) is 1.00. The van der Waals surface area contributed by atoms with Gasteiger partial charge in [-0.25, -0.2) is 0 Å². The monoisotopic (exact) mass is 229 g/mol. The summed E-state index contributed by atoms with van der Waals surface area (Å²) in [6.07, 6.45) is 2.25. The van der Waals surface area contributed by atoms with Crippen molar-refractivity contribution >= 4 is 8.32 Å². The second-order valence-corrected chi connectivity index (χ2v) is 11.8. The molecule has 0 atom stereocenters. The van der Waals surface area contributed by atoms with Crippen LogP contribution >= 0.6 is 0 Å². The molecule has 90 valence electrons. The largest absolute Gasteiger partial charge is 0.416 e. The minimum Gasteiger partial charge on any atom is -0.416 e. The Bertz CT molecular complexity index is 226. The van der Waals surface area contributed by atoms with Gasteiger partial charge >= 0.3 is 0 Å². The predicted octanol–water partition coefficient (Wildman–Crippen LogP) is 3.14. The third-order valence-corrected chi connectivity index (χ3v) is 8.58. The molecule has 1 aliphatic carbocycles. The lowest BCUT2D eigenvalue weighted by atomic mass is 9.68. The van der Waals surface area contributed by atoms with Crippen LogP contribution in [0.15, 0.2) is 0 Å². The second-order valence-electron chi connectivity index (χ2n) is 7.03. The molecule has 0 radical (unpaired) electrons. The Kier molecular flexibility index (Phi) is 3.40. The van der Waals surface area contributed by atoms with E-state index in [1.54, 1.807) is 0 Å². The van der Waals surface area contributed by atoms with Crippen LogP contribution in [0, 0.1) is 5.41 Å². The van der Waals surface area contributed by atoms with Crippen LogP contribution in [0.3, 0.4) is 0 Å². The van der Waals surface area contributed by atoms with Crippen molar-refractivity contribution in [1.82, 2.24) is 0 Å². The van der Waals surface area contributed by atoms with Gasteiger partial charge in [0.05, 0.1) is 0 Å². The first-order chi connectivity index (χ1) is 6.56. The van der Waals surface area contributed by atoms with Crippen LogP contribution in [0.25, 0.3) is 0 Å². The van der Waals surface area contributed by atoms with Crippen molar-refractivity contribution in [3.8, 4) is 0 Å². The van der Waals surface area contributed by atoms with Crippen LogP contribution in [0.5, 0.6) is 0 Å². The minimum atomic E-state index is -1.56. The molecule has 0 bridgehead atoms. The predicted molar refractivity (Wildman–Crippen MR) is 68.5 cm³/mol. The Morgan fingerprint density at radius 1 is 1.33 bits per heavy atom. The molecule has 2 nitrogen and oxygen atoms in total. The van der Waals surface area contributed by atoms with Gasteiger partial charge in [0.15, 0.2) is 8.32 Å². The summed E-state index contributed by atoms with van der Waals surface area (Å²) in [5, 5.41) is 0.315. The van der Waals surface area contributed by atoms with Crippen LogP contribution in [-0.4, -0.2) is 21.0 Å². The van der Waals surface area contributed by atoms with E-state index >= 15 is 0 Å². The van der Waals surface area contributed by atoms with Gasteiger partial charge in [0.2, 0.25) is 0 Å². The summed E-state index contributed by atoms with van der Waals surface area (Å²) in [5.41, 5.74) is 6.19. The van der Waals surface area contributed by atoms with E-state index < -0.39 is 8.32 Å². The first kappa shape index (κ1) is 13.2. The molecule has 0 aromatic carbocycles. The molecule has 1 saturated carbocycles. The smallest absolute Gasteiger partial charge is 0.192 e. The normalized spacial score (nSPS) is 32.6. The molecule has 0 aromatic heterocycles. The third kappa shape index (κ3) is 3.05. The molecule has 0 saturated heterocycles. The SMILES string of the molecule is CC1(CO[Si](C)(C)C(C)(C)C)CC(N)C1. The zero-order chi connectivity index (χ0) is 11.9. The van der Waals surface area contributed by atoms with Gasteiger partial charge < -0.3 is 10.2 Å². The molecule has 0 aromatic rings. The highest BCUT2D eigenvalue weighted by atomic mass is 28.4. The van der Waals surface area contributed by atoms with Crippen molar-refractivity contribution < 1.29 is 4.43 Å². The molecule has 1 fully saturated rings. The first-order valence-corrected chi connectivity index (χ1v) is 8.86. The molecule has 2 N–H and O–H groups in total. The van der Waals surface area contributed by atoms with Gasteiger partial charge in [-0.1, -0.05) is 27.7 Å². The lowest BCUT2D eigenvalue weighted by molar-refractivity contribution is 0.0515. The van der Waals surface area contributed by atoms with Crippen molar-refractivity contribution in [2.75, 3.05) is 6.61 Å². The van der Waals surface area contributed by atoms with Crippen molar-refractivity contribution in [3.05, 3.63) is 0 Å². The maximum absolute atomic E-state index is 6.23. The molecule has 0 heterocycles. The molecular weight excluding hydrogens is 202 g/mol. The second kappa shape index (κ2) is 3.86. The van der Waals surface area contributed by atoms with Crippen LogP contribution in [0.1, 0.15) is 40.5 Å². The summed E-state index contributed by atoms with van der Waals surface area (Å²) in [6.45, 7) is 14.7. The summed E-state index contributed by atoms with van der Waals surface area (Å²) in [7, 11) is -1.56. The minimum absolute atomic E-state index is 0.315. The summed E-state index contributed by atoms with van der Waals surface area (Å²) in [6, 6.07) is 0.415. The Morgan fingerprint density at radius 3 is 2.13 bits per heavy atom. The van der Waals surface area contributed by atoms with Crippen LogP contribution in [-0.2, 0) is 4.43 Å². The summed E-state index contributed by atoms with van der Waals surface area (Å²) < 4.78 is 6.23. The van der Waals surface area contributed by atoms with Gasteiger partial charge in [0, 0.05) is 12.6 Å². The Hall–Kier alpha value is 0.137. The van der Waals surface area contributed by atoms with Crippen molar-refractivity contribution in [2.45, 2.75) is 64.7 Å². The average molecular weight is 229 g/mol. The molecule has 0 unspecified atom stereocenters. The van der Waals surface area contributed by atoms with Gasteiger partial charge in [-0.15, -0.1) is 0 Å². The molecule has 0 spiro atoms. The molecular formula is C12H27NOSi. The quantitative estimate of drug-likeness (QED) is 0.755. The topological polar surface area (TPSA) is 35.2 Å². The number of hydrogen-bond donors (Lipinski definition) is 1. The van der Waals surface area contributed by atoms with E-state index in [2.05, 4.69) is 40.8 Å². The Morgan fingerprint density at radius 2 is 1.80 bits per heavy atom. The van der Waals surface area contributed by atoms with Crippen molar-refractivity contribution in [3.63, 3.8) is 0 Å². The summed E-state index contributed by atoms with van der Waals surface area (Å²) in [4.78, 5) is 0. The third-order valence-electron chi connectivity index (χ3n) is 4.10. The highest BCUT2D eigenvalue weighted by Crippen LogP contribution is 2.43. The van der Waals surface area contributed by atoms with Gasteiger partial charge in [-0.3, -0.25) is 0 Å². The van der Waals surface area contributed by atoms with E-state index in [9.17, 15) is 0 Å². The van der Waals surface area contributed by atoms with Gasteiger partial charge in [-0.2, -0.15) is 0 Å². The number of nitrogens with two attached hydrogens (primary N) is 1. The fourth-order valence-electron chi connectivity index (χ4n) is 1.90. The van der Waals surface area contributed by atoms with E-state index in [0.29, 0.717) is 16.5 Å². The van der Waals surface area contributed by atoms with Crippen LogP contribution in [0.4, 0.5) is 0 Å². The molecule has 15 heavy (non-hydrogen) atoms. The van der Waals surface area contributed by atoms with Crippen molar-refractivity contribution in [2.24, 2.45) is 11.1 Å². The van der Waals surface area contributed by atoms with E-state index in [1.165, 1.54) is 0 Å². The molecule has 3 heteroatoms. The lowest BCUT2D eigenvalue weighted by Gasteiger charge is -2.46. The van der Waals surface area contributed by atoms with E-state index in [4.69, 9.17) is 10.2 Å². The lowest BCUT2D eigenvalue weighted by Crippen LogP contribution is -2.50. The molecule has 0 amide bonds. The first-order valence-electron chi connectivity index (χ1n) is 5.95. The zero-order valence-corrected chi connectivity index (χ0v) is 12.2. The van der Waals surface area contributed by atoms with Gasteiger partial charge in [0.25, 0.3) is 0 Å². The standard InChI is InChI=1S/C12H27NOSi/c1-11(2,3)15(5,6)14-9-12(4)7-10(13)8-12/h10H,7-9,13H2,1-6H3. The molecule has 1 rings (SSSR count). The fourth-order valence-corrected chi connectivity index (χ4v) is 3.04. The highest BCUT2D eigenvalue weighted by Gasteiger charge is 2.43. The van der Waals surface area contributed by atoms with E-state index in [1.807, 2.05) is 0 Å². The summed E-state index contributed by atoms with van der Waals surface area (Å²) in [5.74, 6) is 0. The number of hydrogen-bond acceptors (Lipinski definition) is 2. The van der Waals surface area contributed by atoms with Crippen LogP contribution < -0.4 is 5.73 Å². The Balaban J connectivity index is 2.43. The average Bonchev–Trinajstić information content (AvgIpc) is 1.96. The maximum Gasteiger partial charge on any atom is 0.192 e. The molecule has 0 aliphatic heterocycles. The van der Waals surface area contributed by atoms with E-state index in [-0.39, 0.29) is 0 Å². The molecule has 1 aliphatic rings. The summed E-state index contributed by atoms with van der Waals surface area (Å²) >= 11 is 0. The Labute approximate surface area is 95.7 Å².